The van der Waals surface area contributed by atoms with Gasteiger partial charge in [-0.05, 0) is 43.4 Å². The Morgan fingerprint density at radius 1 is 1.15 bits per heavy atom. The highest BCUT2D eigenvalue weighted by Crippen LogP contribution is 2.51. The first-order valence-electron chi connectivity index (χ1n) is 5.60. The van der Waals surface area contributed by atoms with Gasteiger partial charge in [-0.1, -0.05) is 18.9 Å². The summed E-state index contributed by atoms with van der Waals surface area (Å²) in [6, 6.07) is 0. The molecule has 0 unspecified atom stereocenters. The van der Waals surface area contributed by atoms with Gasteiger partial charge in [-0.25, -0.2) is 0 Å². The molecule has 0 aromatic heterocycles. The van der Waals surface area contributed by atoms with Crippen molar-refractivity contribution in [3.8, 4) is 0 Å². The molecule has 74 valence electrons. The number of aliphatic hydroxyl groups is 1. The van der Waals surface area contributed by atoms with Crippen molar-refractivity contribution in [2.75, 3.05) is 0 Å². The average Bonchev–Trinajstić information content (AvgIpc) is 2.18. The van der Waals surface area contributed by atoms with Crippen LogP contribution in [-0.4, -0.2) is 11.2 Å². The van der Waals surface area contributed by atoms with Crippen molar-refractivity contribution in [1.82, 2.24) is 0 Å². The van der Waals surface area contributed by atoms with E-state index >= 15 is 0 Å². The van der Waals surface area contributed by atoms with E-state index in [4.69, 9.17) is 0 Å². The molecule has 0 aliphatic heterocycles. The maximum atomic E-state index is 9.95. The molecule has 13 heavy (non-hydrogen) atoms. The summed E-state index contributed by atoms with van der Waals surface area (Å²) < 4.78 is 0. The zero-order valence-electron chi connectivity index (χ0n) is 8.34. The van der Waals surface area contributed by atoms with Crippen LogP contribution in [0.3, 0.4) is 0 Å². The molecule has 2 fully saturated rings. The third kappa shape index (κ3) is 1.43. The highest BCUT2D eigenvalue weighted by molar-refractivity contribution is 5.05. The monoisotopic (exact) mass is 180 g/mol. The average molecular weight is 180 g/mol. The van der Waals surface area contributed by atoms with Gasteiger partial charge in [-0.2, -0.15) is 0 Å². The van der Waals surface area contributed by atoms with Gasteiger partial charge in [0.25, 0.3) is 0 Å². The number of fused-ring (bicyclic) bond motifs is 1. The third-order valence-corrected chi connectivity index (χ3v) is 4.16. The van der Waals surface area contributed by atoms with E-state index in [0.717, 1.165) is 6.42 Å². The van der Waals surface area contributed by atoms with Gasteiger partial charge in [0.15, 0.2) is 0 Å². The van der Waals surface area contributed by atoms with Gasteiger partial charge in [0, 0.05) is 0 Å². The largest absolute Gasteiger partial charge is 0.393 e. The first kappa shape index (κ1) is 9.26. The Morgan fingerprint density at radius 3 is 2.62 bits per heavy atom. The smallest absolute Gasteiger partial charge is 0.0576 e. The summed E-state index contributed by atoms with van der Waals surface area (Å²) in [5, 5.41) is 9.95. The fourth-order valence-electron chi connectivity index (χ4n) is 3.37. The van der Waals surface area contributed by atoms with E-state index < -0.39 is 0 Å². The Kier molecular flexibility index (Phi) is 2.46. The van der Waals surface area contributed by atoms with E-state index in [2.05, 4.69) is 12.7 Å². The van der Waals surface area contributed by atoms with Crippen molar-refractivity contribution in [3.63, 3.8) is 0 Å². The second-order valence-corrected chi connectivity index (χ2v) is 4.75. The highest BCUT2D eigenvalue weighted by atomic mass is 16.3. The molecule has 3 atom stereocenters. The van der Waals surface area contributed by atoms with Gasteiger partial charge in [0.2, 0.25) is 0 Å². The van der Waals surface area contributed by atoms with E-state index in [1.807, 2.05) is 0 Å². The lowest BCUT2D eigenvalue weighted by Crippen LogP contribution is -2.42. The summed E-state index contributed by atoms with van der Waals surface area (Å²) >= 11 is 0. The molecule has 0 aromatic carbocycles. The van der Waals surface area contributed by atoms with Gasteiger partial charge in [0.05, 0.1) is 6.10 Å². The standard InChI is InChI=1S/C12H20O/c1-2-12-8-4-3-6-10(12)11(13)7-5-9-12/h2,10-11,13H,1,3-9H2/t10-,11+,12-/m0/s1. The molecule has 1 nitrogen and oxygen atoms in total. The van der Waals surface area contributed by atoms with Crippen LogP contribution in [0.15, 0.2) is 12.7 Å². The molecule has 2 aliphatic carbocycles. The topological polar surface area (TPSA) is 20.2 Å². The molecule has 0 radical (unpaired) electrons. The van der Waals surface area contributed by atoms with E-state index in [1.54, 1.807) is 0 Å². The number of allylic oxidation sites excluding steroid dienone is 1. The summed E-state index contributed by atoms with van der Waals surface area (Å²) in [6.45, 7) is 3.98. The Morgan fingerprint density at radius 2 is 1.92 bits per heavy atom. The Bertz CT molecular complexity index is 195. The highest BCUT2D eigenvalue weighted by Gasteiger charge is 2.43. The van der Waals surface area contributed by atoms with Crippen LogP contribution in [0.1, 0.15) is 44.9 Å². The number of aliphatic hydroxyl groups excluding tert-OH is 1. The molecule has 0 saturated heterocycles. The first-order chi connectivity index (χ1) is 6.28. The van der Waals surface area contributed by atoms with Gasteiger partial charge in [-0.3, -0.25) is 0 Å². The van der Waals surface area contributed by atoms with Gasteiger partial charge < -0.3 is 5.11 Å². The minimum absolute atomic E-state index is 0.0490. The van der Waals surface area contributed by atoms with Crippen LogP contribution in [0.2, 0.25) is 0 Å². The molecule has 0 amide bonds. The SMILES string of the molecule is C=C[C@@]12CCCC[C@H]1[C@H](O)CCC2. The van der Waals surface area contributed by atoms with Crippen LogP contribution in [0.4, 0.5) is 0 Å². The number of hydrogen-bond donors (Lipinski definition) is 1. The summed E-state index contributed by atoms with van der Waals surface area (Å²) in [6.07, 6.45) is 10.7. The lowest BCUT2D eigenvalue weighted by atomic mass is 9.58. The molecule has 0 aromatic rings. The van der Waals surface area contributed by atoms with E-state index in [9.17, 15) is 5.11 Å². The summed E-state index contributed by atoms with van der Waals surface area (Å²) in [5.74, 6) is 0.521. The van der Waals surface area contributed by atoms with Crippen LogP contribution < -0.4 is 0 Å². The third-order valence-electron chi connectivity index (χ3n) is 4.16. The number of rotatable bonds is 1. The molecule has 2 aliphatic rings. The first-order valence-corrected chi connectivity index (χ1v) is 5.60. The zero-order chi connectivity index (χ0) is 9.31. The molecule has 1 N–H and O–H groups in total. The van der Waals surface area contributed by atoms with Crippen molar-refractivity contribution in [3.05, 3.63) is 12.7 Å². The second kappa shape index (κ2) is 3.45. The predicted octanol–water partition coefficient (Wildman–Crippen LogP) is 2.89. The van der Waals surface area contributed by atoms with Crippen LogP contribution >= 0.6 is 0 Å². The van der Waals surface area contributed by atoms with Crippen LogP contribution in [0.5, 0.6) is 0 Å². The van der Waals surface area contributed by atoms with E-state index in [-0.39, 0.29) is 6.10 Å². The van der Waals surface area contributed by atoms with Crippen molar-refractivity contribution >= 4 is 0 Å². The van der Waals surface area contributed by atoms with E-state index in [0.29, 0.717) is 11.3 Å². The normalized spacial score (nSPS) is 45.3. The summed E-state index contributed by atoms with van der Waals surface area (Å²) in [7, 11) is 0. The predicted molar refractivity (Wildman–Crippen MR) is 54.4 cm³/mol. The minimum Gasteiger partial charge on any atom is -0.393 e. The molecule has 0 heterocycles. The summed E-state index contributed by atoms with van der Waals surface area (Å²) in [5.41, 5.74) is 0.302. The van der Waals surface area contributed by atoms with Crippen LogP contribution in [0.25, 0.3) is 0 Å². The van der Waals surface area contributed by atoms with Crippen LogP contribution in [-0.2, 0) is 0 Å². The number of hydrogen-bond acceptors (Lipinski definition) is 1. The zero-order valence-corrected chi connectivity index (χ0v) is 8.34. The van der Waals surface area contributed by atoms with Gasteiger partial charge >= 0.3 is 0 Å². The van der Waals surface area contributed by atoms with E-state index in [1.165, 1.54) is 38.5 Å². The second-order valence-electron chi connectivity index (χ2n) is 4.75. The van der Waals surface area contributed by atoms with Crippen molar-refractivity contribution < 1.29 is 5.11 Å². The Hall–Kier alpha value is -0.300. The Labute approximate surface area is 80.8 Å². The quantitative estimate of drug-likeness (QED) is 0.615. The molecule has 1 heteroatoms. The van der Waals surface area contributed by atoms with Gasteiger partial charge in [0.1, 0.15) is 0 Å². The maximum Gasteiger partial charge on any atom is 0.0576 e. The molecule has 0 bridgehead atoms. The Balaban J connectivity index is 2.20. The van der Waals surface area contributed by atoms with Crippen molar-refractivity contribution in [2.24, 2.45) is 11.3 Å². The van der Waals surface area contributed by atoms with Crippen molar-refractivity contribution in [2.45, 2.75) is 51.0 Å². The molecular formula is C12H20O. The molecule has 0 spiro atoms. The van der Waals surface area contributed by atoms with Gasteiger partial charge in [-0.15, -0.1) is 6.58 Å². The minimum atomic E-state index is -0.0490. The fourth-order valence-corrected chi connectivity index (χ4v) is 3.37. The lowest BCUT2D eigenvalue weighted by molar-refractivity contribution is -0.0273. The summed E-state index contributed by atoms with van der Waals surface area (Å²) in [4.78, 5) is 0. The molecule has 2 saturated carbocycles. The van der Waals surface area contributed by atoms with Crippen molar-refractivity contribution in [1.29, 1.82) is 0 Å². The van der Waals surface area contributed by atoms with Crippen LogP contribution in [0, 0.1) is 11.3 Å². The fraction of sp³-hybridized carbons (Fsp3) is 0.833. The molecule has 2 rings (SSSR count). The lowest BCUT2D eigenvalue weighted by Gasteiger charge is -2.48. The maximum absolute atomic E-state index is 9.95. The molecular weight excluding hydrogens is 160 g/mol.